The van der Waals surface area contributed by atoms with Gasteiger partial charge in [0.25, 0.3) is 5.56 Å². The highest BCUT2D eigenvalue weighted by Crippen LogP contribution is 2.31. The quantitative estimate of drug-likeness (QED) is 0.668. The van der Waals surface area contributed by atoms with Crippen LogP contribution in [-0.2, 0) is 9.47 Å². The van der Waals surface area contributed by atoms with Gasteiger partial charge < -0.3 is 23.9 Å². The predicted octanol–water partition coefficient (Wildman–Crippen LogP) is 1.86. The first kappa shape index (κ1) is 17.8. The van der Waals surface area contributed by atoms with Crippen LogP contribution in [-0.4, -0.2) is 45.1 Å². The van der Waals surface area contributed by atoms with E-state index in [1.54, 1.807) is 31.5 Å². The number of methoxy groups -OCH3 is 1. The van der Waals surface area contributed by atoms with Gasteiger partial charge in [0.2, 0.25) is 0 Å². The lowest BCUT2D eigenvalue weighted by molar-refractivity contribution is 0.101. The minimum Gasteiger partial charge on any atom is -0.487 e. The SMILES string of the molecule is COCCOc1cc2cc[nH]c(=O)c2cc1OCCOCCC#N. The van der Waals surface area contributed by atoms with Crippen molar-refractivity contribution in [1.82, 2.24) is 4.98 Å². The highest BCUT2D eigenvalue weighted by molar-refractivity contribution is 5.85. The van der Waals surface area contributed by atoms with E-state index >= 15 is 0 Å². The summed E-state index contributed by atoms with van der Waals surface area (Å²) in [5, 5.41) is 9.74. The van der Waals surface area contributed by atoms with E-state index in [0.717, 1.165) is 5.39 Å². The fraction of sp³-hybridized carbons (Fsp3) is 0.412. The van der Waals surface area contributed by atoms with Gasteiger partial charge in [0.1, 0.15) is 13.2 Å². The number of nitrogens with one attached hydrogen (secondary N) is 1. The zero-order chi connectivity index (χ0) is 17.2. The number of nitriles is 1. The predicted molar refractivity (Wildman–Crippen MR) is 88.5 cm³/mol. The fourth-order valence-electron chi connectivity index (χ4n) is 2.09. The molecule has 0 spiro atoms. The van der Waals surface area contributed by atoms with Gasteiger partial charge in [-0.25, -0.2) is 0 Å². The number of pyridine rings is 1. The first-order valence-electron chi connectivity index (χ1n) is 7.61. The van der Waals surface area contributed by atoms with Crippen molar-refractivity contribution in [2.75, 3.05) is 40.1 Å². The maximum atomic E-state index is 11.9. The second-order valence-corrected chi connectivity index (χ2v) is 4.90. The Kier molecular flexibility index (Phi) is 7.08. The molecular formula is C17H20N2O5. The van der Waals surface area contributed by atoms with E-state index in [2.05, 4.69) is 4.98 Å². The maximum absolute atomic E-state index is 11.9. The number of H-pyrrole nitrogens is 1. The average molecular weight is 332 g/mol. The van der Waals surface area contributed by atoms with Gasteiger partial charge >= 0.3 is 0 Å². The summed E-state index contributed by atoms with van der Waals surface area (Å²) in [6.07, 6.45) is 1.93. The molecular weight excluding hydrogens is 312 g/mol. The van der Waals surface area contributed by atoms with Gasteiger partial charge in [0, 0.05) is 13.3 Å². The van der Waals surface area contributed by atoms with Crippen LogP contribution >= 0.6 is 0 Å². The van der Waals surface area contributed by atoms with E-state index in [0.29, 0.717) is 56.3 Å². The lowest BCUT2D eigenvalue weighted by atomic mass is 10.1. The molecule has 0 aliphatic rings. The monoisotopic (exact) mass is 332 g/mol. The zero-order valence-electron chi connectivity index (χ0n) is 13.5. The van der Waals surface area contributed by atoms with Crippen molar-refractivity contribution in [3.63, 3.8) is 0 Å². The molecule has 0 fully saturated rings. The summed E-state index contributed by atoms with van der Waals surface area (Å²) in [5.74, 6) is 1.02. The standard InChI is InChI=1S/C17H20N2O5/c1-21-7-9-23-15-11-13-3-5-19-17(20)14(13)12-16(15)24-10-8-22-6-2-4-18/h3,5,11-12H,2,6-10H2,1H3,(H,19,20). The number of benzene rings is 1. The van der Waals surface area contributed by atoms with Crippen LogP contribution in [0.2, 0.25) is 0 Å². The van der Waals surface area contributed by atoms with Crippen molar-refractivity contribution in [3.05, 3.63) is 34.7 Å². The largest absolute Gasteiger partial charge is 0.487 e. The Hall–Kier alpha value is -2.56. The first-order valence-corrected chi connectivity index (χ1v) is 7.61. The first-order chi connectivity index (χ1) is 11.8. The molecule has 0 aliphatic heterocycles. The smallest absolute Gasteiger partial charge is 0.255 e. The minimum absolute atomic E-state index is 0.189. The molecule has 1 N–H and O–H groups in total. The summed E-state index contributed by atoms with van der Waals surface area (Å²) in [4.78, 5) is 14.6. The van der Waals surface area contributed by atoms with Crippen molar-refractivity contribution in [1.29, 1.82) is 5.26 Å². The number of hydrogen-bond acceptors (Lipinski definition) is 6. The molecule has 0 unspecified atom stereocenters. The number of aromatic amines is 1. The number of hydrogen-bond donors (Lipinski definition) is 1. The Balaban J connectivity index is 2.11. The van der Waals surface area contributed by atoms with Crippen LogP contribution in [0.5, 0.6) is 11.5 Å². The summed E-state index contributed by atoms with van der Waals surface area (Å²) in [7, 11) is 1.60. The number of fused-ring (bicyclic) bond motifs is 1. The third-order valence-electron chi connectivity index (χ3n) is 3.23. The van der Waals surface area contributed by atoms with Crippen LogP contribution < -0.4 is 15.0 Å². The molecule has 0 aliphatic carbocycles. The molecule has 7 nitrogen and oxygen atoms in total. The van der Waals surface area contributed by atoms with Crippen molar-refractivity contribution in [2.24, 2.45) is 0 Å². The van der Waals surface area contributed by atoms with E-state index in [1.807, 2.05) is 6.07 Å². The van der Waals surface area contributed by atoms with Gasteiger partial charge in [-0.1, -0.05) is 0 Å². The Labute approximate surface area is 139 Å². The second-order valence-electron chi connectivity index (χ2n) is 4.90. The van der Waals surface area contributed by atoms with Crippen LogP contribution in [0.1, 0.15) is 6.42 Å². The molecule has 1 heterocycles. The Bertz CT molecular complexity index is 751. The molecule has 2 aromatic rings. The van der Waals surface area contributed by atoms with Crippen molar-refractivity contribution < 1.29 is 18.9 Å². The van der Waals surface area contributed by atoms with Crippen LogP contribution in [0.3, 0.4) is 0 Å². The number of ether oxygens (including phenoxy) is 4. The minimum atomic E-state index is -0.189. The molecule has 0 atom stereocenters. The summed E-state index contributed by atoms with van der Waals surface area (Å²) < 4.78 is 21.6. The molecule has 7 heteroatoms. The lowest BCUT2D eigenvalue weighted by Crippen LogP contribution is -2.11. The van der Waals surface area contributed by atoms with E-state index in [9.17, 15) is 4.79 Å². The number of nitrogens with zero attached hydrogens (tertiary/aromatic N) is 1. The molecule has 0 saturated carbocycles. The molecule has 128 valence electrons. The number of rotatable bonds is 10. The van der Waals surface area contributed by atoms with Gasteiger partial charge in [-0.2, -0.15) is 5.26 Å². The molecule has 1 aromatic carbocycles. The molecule has 0 amide bonds. The van der Waals surface area contributed by atoms with Crippen molar-refractivity contribution >= 4 is 10.8 Å². The van der Waals surface area contributed by atoms with Crippen LogP contribution in [0.15, 0.2) is 29.2 Å². The Morgan fingerprint density at radius 3 is 2.58 bits per heavy atom. The molecule has 1 aromatic heterocycles. The fourth-order valence-corrected chi connectivity index (χ4v) is 2.09. The highest BCUT2D eigenvalue weighted by atomic mass is 16.5. The topological polar surface area (TPSA) is 93.6 Å². The Morgan fingerprint density at radius 1 is 1.08 bits per heavy atom. The Morgan fingerprint density at radius 2 is 1.83 bits per heavy atom. The molecule has 0 radical (unpaired) electrons. The van der Waals surface area contributed by atoms with Gasteiger partial charge in [-0.05, 0) is 23.6 Å². The van der Waals surface area contributed by atoms with Gasteiger partial charge in [0.05, 0.1) is 37.7 Å². The molecule has 24 heavy (non-hydrogen) atoms. The summed E-state index contributed by atoms with van der Waals surface area (Å²) in [6, 6.07) is 7.23. The molecule has 0 saturated heterocycles. The van der Waals surface area contributed by atoms with E-state index in [1.165, 1.54) is 0 Å². The second kappa shape index (κ2) is 9.55. The third-order valence-corrected chi connectivity index (χ3v) is 3.23. The van der Waals surface area contributed by atoms with Crippen molar-refractivity contribution in [2.45, 2.75) is 6.42 Å². The summed E-state index contributed by atoms with van der Waals surface area (Å²) in [6.45, 7) is 1.84. The van der Waals surface area contributed by atoms with Gasteiger partial charge in [-0.3, -0.25) is 4.79 Å². The van der Waals surface area contributed by atoms with Crippen molar-refractivity contribution in [3.8, 4) is 17.6 Å². The van der Waals surface area contributed by atoms with Gasteiger partial charge in [-0.15, -0.1) is 0 Å². The lowest BCUT2D eigenvalue weighted by Gasteiger charge is -2.14. The normalized spacial score (nSPS) is 10.5. The number of aromatic nitrogens is 1. The maximum Gasteiger partial charge on any atom is 0.255 e. The molecule has 2 rings (SSSR count). The zero-order valence-corrected chi connectivity index (χ0v) is 13.5. The van der Waals surface area contributed by atoms with Crippen LogP contribution in [0.4, 0.5) is 0 Å². The highest BCUT2D eigenvalue weighted by Gasteiger charge is 2.10. The third kappa shape index (κ3) is 4.98. The summed E-state index contributed by atoms with van der Waals surface area (Å²) >= 11 is 0. The van der Waals surface area contributed by atoms with E-state index < -0.39 is 0 Å². The average Bonchev–Trinajstić information content (AvgIpc) is 2.59. The molecule has 0 bridgehead atoms. The summed E-state index contributed by atoms with van der Waals surface area (Å²) in [5.41, 5.74) is -0.189. The van der Waals surface area contributed by atoms with E-state index in [4.69, 9.17) is 24.2 Å². The van der Waals surface area contributed by atoms with Crippen LogP contribution in [0.25, 0.3) is 10.8 Å². The van der Waals surface area contributed by atoms with E-state index in [-0.39, 0.29) is 5.56 Å². The van der Waals surface area contributed by atoms with Crippen LogP contribution in [0, 0.1) is 11.3 Å². The van der Waals surface area contributed by atoms with Gasteiger partial charge in [0.15, 0.2) is 11.5 Å².